The van der Waals surface area contributed by atoms with E-state index in [4.69, 9.17) is 4.52 Å². The maximum atomic E-state index is 5.09. The minimum atomic E-state index is 0.147. The van der Waals surface area contributed by atoms with Crippen molar-refractivity contribution in [1.82, 2.24) is 20.8 Å². The average Bonchev–Trinajstić information content (AvgIpc) is 2.96. The highest BCUT2D eigenvalue weighted by Crippen LogP contribution is 2.15. The molecule has 1 heterocycles. The van der Waals surface area contributed by atoms with Crippen molar-refractivity contribution >= 4 is 5.96 Å². The van der Waals surface area contributed by atoms with Crippen molar-refractivity contribution in [1.29, 1.82) is 0 Å². The molecule has 2 N–H and O–H groups in total. The van der Waals surface area contributed by atoms with E-state index in [9.17, 15) is 0 Å². The molecular weight excluding hydrogens is 302 g/mol. The molecule has 0 saturated carbocycles. The molecule has 2 rings (SSSR count). The van der Waals surface area contributed by atoms with Gasteiger partial charge in [-0.25, -0.2) is 0 Å². The van der Waals surface area contributed by atoms with Crippen molar-refractivity contribution in [3.8, 4) is 0 Å². The maximum Gasteiger partial charge on any atom is 0.246 e. The number of aromatic nitrogens is 2. The molecule has 0 amide bonds. The van der Waals surface area contributed by atoms with Crippen molar-refractivity contribution in [2.45, 2.75) is 46.7 Å². The lowest BCUT2D eigenvalue weighted by Gasteiger charge is -2.18. The predicted molar refractivity (Wildman–Crippen MR) is 95.8 cm³/mol. The Kier molecular flexibility index (Phi) is 6.35. The van der Waals surface area contributed by atoms with Gasteiger partial charge in [-0.05, 0) is 37.3 Å². The molecule has 2 aromatic rings. The number of hydrogen-bond acceptors (Lipinski definition) is 4. The molecule has 0 spiro atoms. The van der Waals surface area contributed by atoms with Crippen LogP contribution in [0.5, 0.6) is 0 Å². The molecule has 6 nitrogen and oxygen atoms in total. The lowest BCUT2D eigenvalue weighted by atomic mass is 10.00. The van der Waals surface area contributed by atoms with Crippen LogP contribution in [0.15, 0.2) is 33.8 Å². The topological polar surface area (TPSA) is 75.3 Å². The normalized spacial score (nSPS) is 13.2. The van der Waals surface area contributed by atoms with Gasteiger partial charge in [0.25, 0.3) is 0 Å². The zero-order chi connectivity index (χ0) is 17.5. The number of benzene rings is 1. The van der Waals surface area contributed by atoms with Gasteiger partial charge in [0.2, 0.25) is 5.89 Å². The molecule has 0 bridgehead atoms. The third-order valence-electron chi connectivity index (χ3n) is 3.68. The number of rotatable bonds is 6. The molecule has 0 aliphatic heterocycles. The first-order valence-electron chi connectivity index (χ1n) is 8.33. The molecule has 6 heteroatoms. The van der Waals surface area contributed by atoms with Crippen LogP contribution in [0.2, 0.25) is 0 Å². The van der Waals surface area contributed by atoms with E-state index in [1.807, 2.05) is 0 Å². The first-order valence-corrected chi connectivity index (χ1v) is 8.33. The molecule has 24 heavy (non-hydrogen) atoms. The Bertz CT molecular complexity index is 660. The summed E-state index contributed by atoms with van der Waals surface area (Å²) in [6.07, 6.45) is 1.11. The fourth-order valence-electron chi connectivity index (χ4n) is 2.47. The summed E-state index contributed by atoms with van der Waals surface area (Å²) in [7, 11) is 1.74. The van der Waals surface area contributed by atoms with Crippen molar-refractivity contribution in [2.24, 2.45) is 10.9 Å². The summed E-state index contributed by atoms with van der Waals surface area (Å²) in [5.41, 5.74) is 2.59. The van der Waals surface area contributed by atoms with Gasteiger partial charge in [-0.2, -0.15) is 4.98 Å². The van der Waals surface area contributed by atoms with E-state index in [0.29, 0.717) is 30.1 Å². The summed E-state index contributed by atoms with van der Waals surface area (Å²) in [4.78, 5) is 8.40. The van der Waals surface area contributed by atoms with Gasteiger partial charge in [0, 0.05) is 7.05 Å². The van der Waals surface area contributed by atoms with Crippen molar-refractivity contribution in [2.75, 3.05) is 7.05 Å². The van der Waals surface area contributed by atoms with Crippen LogP contribution in [0.1, 0.15) is 49.7 Å². The highest BCUT2D eigenvalue weighted by molar-refractivity contribution is 5.79. The smallest absolute Gasteiger partial charge is 0.246 e. The van der Waals surface area contributed by atoms with E-state index >= 15 is 0 Å². The van der Waals surface area contributed by atoms with Gasteiger partial charge in [-0.3, -0.25) is 4.99 Å². The number of aryl methyl sites for hydroxylation is 1. The summed E-state index contributed by atoms with van der Waals surface area (Å²) in [5.74, 6) is 2.54. The fourth-order valence-corrected chi connectivity index (χ4v) is 2.47. The van der Waals surface area contributed by atoms with Gasteiger partial charge in [0.05, 0.1) is 12.6 Å². The van der Waals surface area contributed by atoms with E-state index in [1.54, 1.807) is 14.0 Å². The lowest BCUT2D eigenvalue weighted by Crippen LogP contribution is -2.38. The Morgan fingerprint density at radius 2 is 1.92 bits per heavy atom. The van der Waals surface area contributed by atoms with Crippen LogP contribution >= 0.6 is 0 Å². The molecule has 0 saturated heterocycles. The van der Waals surface area contributed by atoms with Gasteiger partial charge >= 0.3 is 0 Å². The summed E-state index contributed by atoms with van der Waals surface area (Å²) in [5, 5.41) is 10.3. The minimum absolute atomic E-state index is 0.147. The predicted octanol–water partition coefficient (Wildman–Crippen LogP) is 3.00. The molecule has 0 aliphatic rings. The van der Waals surface area contributed by atoms with Crippen molar-refractivity contribution in [3.05, 3.63) is 47.1 Å². The second-order valence-corrected chi connectivity index (χ2v) is 6.37. The average molecular weight is 329 g/mol. The van der Waals surface area contributed by atoms with Crippen LogP contribution in [0, 0.1) is 12.8 Å². The highest BCUT2D eigenvalue weighted by Gasteiger charge is 2.09. The van der Waals surface area contributed by atoms with E-state index in [1.165, 1.54) is 11.1 Å². The summed E-state index contributed by atoms with van der Waals surface area (Å²) < 4.78 is 5.09. The van der Waals surface area contributed by atoms with Crippen LogP contribution in [-0.4, -0.2) is 23.1 Å². The van der Waals surface area contributed by atoms with E-state index in [-0.39, 0.29) is 6.04 Å². The summed E-state index contributed by atoms with van der Waals surface area (Å²) in [6, 6.07) is 8.89. The fraction of sp³-hybridized carbons (Fsp3) is 0.500. The Balaban J connectivity index is 1.90. The molecular formula is C18H27N5O. The Labute approximate surface area is 143 Å². The quantitative estimate of drug-likeness (QED) is 0.629. The number of nitrogens with one attached hydrogen (secondary N) is 2. The van der Waals surface area contributed by atoms with E-state index < -0.39 is 0 Å². The third kappa shape index (κ3) is 5.37. The molecule has 0 radical (unpaired) electrons. The molecule has 1 atom stereocenters. The third-order valence-corrected chi connectivity index (χ3v) is 3.68. The second kappa shape index (κ2) is 8.47. The van der Waals surface area contributed by atoms with Gasteiger partial charge < -0.3 is 15.2 Å². The molecule has 1 unspecified atom stereocenters. The Morgan fingerprint density at radius 3 is 2.46 bits per heavy atom. The molecule has 1 aromatic heterocycles. The number of nitrogens with zero attached hydrogens (tertiary/aromatic N) is 3. The maximum absolute atomic E-state index is 5.09. The summed E-state index contributed by atoms with van der Waals surface area (Å²) >= 11 is 0. The van der Waals surface area contributed by atoms with Crippen LogP contribution in [0.3, 0.4) is 0 Å². The number of guanidine groups is 1. The minimum Gasteiger partial charge on any atom is -0.350 e. The number of aliphatic imine (C=N–C) groups is 1. The molecule has 130 valence electrons. The largest absolute Gasteiger partial charge is 0.350 e. The van der Waals surface area contributed by atoms with E-state index in [0.717, 1.165) is 6.42 Å². The molecule has 1 aromatic carbocycles. The first-order chi connectivity index (χ1) is 11.5. The first kappa shape index (κ1) is 18.0. The standard InChI is InChI=1S/C18H27N5O/c1-12(2)10-15-6-8-16(9-7-15)13(3)21-18(19-5)20-11-17-22-14(4)23-24-17/h6-9,12-13H,10-11H2,1-5H3,(H2,19,20,21). The Morgan fingerprint density at radius 1 is 1.21 bits per heavy atom. The molecule has 0 aliphatic carbocycles. The van der Waals surface area contributed by atoms with Crippen molar-refractivity contribution < 1.29 is 4.52 Å². The van der Waals surface area contributed by atoms with Gasteiger partial charge in [-0.1, -0.05) is 43.3 Å². The Hall–Kier alpha value is -2.37. The van der Waals surface area contributed by atoms with E-state index in [2.05, 4.69) is 70.8 Å². The SMILES string of the molecule is CN=C(NCc1nc(C)no1)NC(C)c1ccc(CC(C)C)cc1. The van der Waals surface area contributed by atoms with Crippen LogP contribution < -0.4 is 10.6 Å². The molecule has 0 fully saturated rings. The van der Waals surface area contributed by atoms with Crippen LogP contribution in [-0.2, 0) is 13.0 Å². The van der Waals surface area contributed by atoms with Crippen LogP contribution in [0.25, 0.3) is 0 Å². The lowest BCUT2D eigenvalue weighted by molar-refractivity contribution is 0.371. The summed E-state index contributed by atoms with van der Waals surface area (Å²) in [6.45, 7) is 8.82. The number of hydrogen-bond donors (Lipinski definition) is 2. The van der Waals surface area contributed by atoms with Gasteiger partial charge in [0.1, 0.15) is 0 Å². The van der Waals surface area contributed by atoms with Gasteiger partial charge in [-0.15, -0.1) is 0 Å². The monoisotopic (exact) mass is 329 g/mol. The second-order valence-electron chi connectivity index (χ2n) is 6.37. The van der Waals surface area contributed by atoms with Crippen LogP contribution in [0.4, 0.5) is 0 Å². The highest BCUT2D eigenvalue weighted by atomic mass is 16.5. The zero-order valence-electron chi connectivity index (χ0n) is 15.1. The van der Waals surface area contributed by atoms with Crippen molar-refractivity contribution in [3.63, 3.8) is 0 Å². The van der Waals surface area contributed by atoms with Gasteiger partial charge in [0.15, 0.2) is 11.8 Å². The zero-order valence-corrected chi connectivity index (χ0v) is 15.1.